The predicted molar refractivity (Wildman–Crippen MR) is 85.4 cm³/mol. The minimum absolute atomic E-state index is 0.299. The fourth-order valence-electron chi connectivity index (χ4n) is 3.90. The number of rotatable bonds is 3. The minimum atomic E-state index is -0.872. The van der Waals surface area contributed by atoms with Crippen LogP contribution in [0.1, 0.15) is 68.0 Å². The van der Waals surface area contributed by atoms with Crippen molar-refractivity contribution in [2.45, 2.75) is 65.0 Å². The third-order valence-electron chi connectivity index (χ3n) is 5.32. The third kappa shape index (κ3) is 2.78. The van der Waals surface area contributed by atoms with E-state index in [0.717, 1.165) is 56.8 Å². The Labute approximate surface area is 132 Å². The highest BCUT2D eigenvalue weighted by molar-refractivity contribution is 5.87. The molecule has 0 saturated carbocycles. The van der Waals surface area contributed by atoms with Crippen LogP contribution < -0.4 is 0 Å². The van der Waals surface area contributed by atoms with Crippen LogP contribution in [0.4, 0.5) is 0 Å². The van der Waals surface area contributed by atoms with Gasteiger partial charge in [-0.2, -0.15) is 0 Å². The lowest BCUT2D eigenvalue weighted by Gasteiger charge is -2.35. The van der Waals surface area contributed by atoms with E-state index < -0.39 is 5.97 Å². The standard InChI is InChI=1S/C17H27N3O2/c1-11(2)19-7-5-13(6-8-19)16-18-15(17(21)22)14-10-12(3)4-9-20(14)16/h11-13H,4-10H2,1-3H3,(H,21,22). The van der Waals surface area contributed by atoms with E-state index in [1.807, 2.05) is 0 Å². The van der Waals surface area contributed by atoms with Crippen LogP contribution in [0.2, 0.25) is 0 Å². The van der Waals surface area contributed by atoms with Crippen LogP contribution in [0.5, 0.6) is 0 Å². The molecule has 0 radical (unpaired) electrons. The molecule has 1 aromatic rings. The lowest BCUT2D eigenvalue weighted by molar-refractivity contribution is 0.0688. The van der Waals surface area contributed by atoms with Gasteiger partial charge in [0.05, 0.1) is 5.69 Å². The van der Waals surface area contributed by atoms with Gasteiger partial charge in [-0.05, 0) is 58.5 Å². The highest BCUT2D eigenvalue weighted by atomic mass is 16.4. The molecule has 0 bridgehead atoms. The molecule has 0 spiro atoms. The van der Waals surface area contributed by atoms with Gasteiger partial charge in [0, 0.05) is 18.5 Å². The number of hydrogen-bond acceptors (Lipinski definition) is 3. The van der Waals surface area contributed by atoms with Crippen molar-refractivity contribution in [3.8, 4) is 0 Å². The fourth-order valence-corrected chi connectivity index (χ4v) is 3.90. The summed E-state index contributed by atoms with van der Waals surface area (Å²) < 4.78 is 2.22. The van der Waals surface area contributed by atoms with Crippen molar-refractivity contribution in [2.24, 2.45) is 5.92 Å². The van der Waals surface area contributed by atoms with Crippen molar-refractivity contribution in [2.75, 3.05) is 13.1 Å². The molecule has 1 atom stereocenters. The van der Waals surface area contributed by atoms with Crippen molar-refractivity contribution in [1.82, 2.24) is 14.5 Å². The minimum Gasteiger partial charge on any atom is -0.476 e. The zero-order valence-corrected chi connectivity index (χ0v) is 13.9. The summed E-state index contributed by atoms with van der Waals surface area (Å²) in [5.41, 5.74) is 1.25. The number of fused-ring (bicyclic) bond motifs is 1. The molecule has 5 heteroatoms. The van der Waals surface area contributed by atoms with Crippen molar-refractivity contribution in [3.05, 3.63) is 17.2 Å². The number of carbonyl (C=O) groups is 1. The maximum Gasteiger partial charge on any atom is 0.356 e. The number of likely N-dealkylation sites (tertiary alicyclic amines) is 1. The summed E-state index contributed by atoms with van der Waals surface area (Å²) in [7, 11) is 0. The van der Waals surface area contributed by atoms with Gasteiger partial charge in [-0.1, -0.05) is 6.92 Å². The first-order valence-electron chi connectivity index (χ1n) is 8.54. The van der Waals surface area contributed by atoms with Gasteiger partial charge in [0.15, 0.2) is 5.69 Å². The quantitative estimate of drug-likeness (QED) is 0.933. The first-order chi connectivity index (χ1) is 10.5. The van der Waals surface area contributed by atoms with Crippen molar-refractivity contribution >= 4 is 5.97 Å². The Kier molecular flexibility index (Phi) is 4.26. The Balaban J connectivity index is 1.86. The molecule has 5 nitrogen and oxygen atoms in total. The number of piperidine rings is 1. The van der Waals surface area contributed by atoms with Crippen LogP contribution in [0.3, 0.4) is 0 Å². The van der Waals surface area contributed by atoms with E-state index in [-0.39, 0.29) is 0 Å². The van der Waals surface area contributed by atoms with Crippen LogP contribution in [-0.4, -0.2) is 44.7 Å². The highest BCUT2D eigenvalue weighted by Crippen LogP contribution is 2.33. The summed E-state index contributed by atoms with van der Waals surface area (Å²) in [6.07, 6.45) is 4.15. The van der Waals surface area contributed by atoms with Crippen molar-refractivity contribution < 1.29 is 9.90 Å². The second-order valence-electron chi connectivity index (χ2n) is 7.22. The van der Waals surface area contributed by atoms with Gasteiger partial charge in [-0.15, -0.1) is 0 Å². The zero-order valence-electron chi connectivity index (χ0n) is 13.9. The van der Waals surface area contributed by atoms with Crippen LogP contribution in [0, 0.1) is 5.92 Å². The summed E-state index contributed by atoms with van der Waals surface area (Å²) in [5, 5.41) is 9.47. The molecule has 1 N–H and O–H groups in total. The van der Waals surface area contributed by atoms with Crippen LogP contribution >= 0.6 is 0 Å². The molecule has 1 fully saturated rings. The summed E-state index contributed by atoms with van der Waals surface area (Å²) in [6, 6.07) is 0.588. The van der Waals surface area contributed by atoms with Crippen LogP contribution in [0.25, 0.3) is 0 Å². The fraction of sp³-hybridized carbons (Fsp3) is 0.765. The molecule has 0 amide bonds. The van der Waals surface area contributed by atoms with E-state index in [4.69, 9.17) is 0 Å². The molecular formula is C17H27N3O2. The van der Waals surface area contributed by atoms with E-state index in [1.54, 1.807) is 0 Å². The Morgan fingerprint density at radius 1 is 1.23 bits per heavy atom. The lowest BCUT2D eigenvalue weighted by atomic mass is 9.93. The molecule has 0 aromatic carbocycles. The Hall–Kier alpha value is -1.36. The number of aromatic carboxylic acids is 1. The molecule has 1 unspecified atom stereocenters. The lowest BCUT2D eigenvalue weighted by Crippen LogP contribution is -2.38. The summed E-state index contributed by atoms with van der Waals surface area (Å²) >= 11 is 0. The van der Waals surface area contributed by atoms with Gasteiger partial charge in [-0.25, -0.2) is 9.78 Å². The molecule has 3 rings (SSSR count). The van der Waals surface area contributed by atoms with E-state index in [1.165, 1.54) is 0 Å². The third-order valence-corrected chi connectivity index (χ3v) is 5.32. The normalized spacial score (nSPS) is 23.7. The number of nitrogens with zero attached hydrogens (tertiary/aromatic N) is 3. The zero-order chi connectivity index (χ0) is 15.9. The van der Waals surface area contributed by atoms with E-state index in [2.05, 4.69) is 35.2 Å². The maximum absolute atomic E-state index is 11.5. The predicted octanol–water partition coefficient (Wildman–Crippen LogP) is 2.75. The van der Waals surface area contributed by atoms with Gasteiger partial charge >= 0.3 is 5.97 Å². The largest absolute Gasteiger partial charge is 0.476 e. The summed E-state index contributed by atoms with van der Waals surface area (Å²) in [4.78, 5) is 18.6. The average molecular weight is 305 g/mol. The number of carboxylic acid groups (broad SMARTS) is 1. The van der Waals surface area contributed by atoms with E-state index >= 15 is 0 Å². The molecule has 2 aliphatic rings. The van der Waals surface area contributed by atoms with E-state index in [9.17, 15) is 9.90 Å². The van der Waals surface area contributed by atoms with E-state index in [0.29, 0.717) is 23.6 Å². The smallest absolute Gasteiger partial charge is 0.356 e. The first-order valence-corrected chi connectivity index (χ1v) is 8.54. The molecule has 3 heterocycles. The maximum atomic E-state index is 11.5. The number of hydrogen-bond donors (Lipinski definition) is 1. The molecule has 2 aliphatic heterocycles. The molecule has 0 aliphatic carbocycles. The SMILES string of the molecule is CC1CCn2c(C3CCN(C(C)C)CC3)nc(C(=O)O)c2C1. The monoisotopic (exact) mass is 305 g/mol. The number of aromatic nitrogens is 2. The number of imidazole rings is 1. The second-order valence-corrected chi connectivity index (χ2v) is 7.22. The Morgan fingerprint density at radius 3 is 2.50 bits per heavy atom. The van der Waals surface area contributed by atoms with Gasteiger partial charge in [0.25, 0.3) is 0 Å². The van der Waals surface area contributed by atoms with Crippen molar-refractivity contribution in [1.29, 1.82) is 0 Å². The molecule has 1 saturated heterocycles. The molecule has 122 valence electrons. The Bertz CT molecular complexity index is 556. The average Bonchev–Trinajstić information content (AvgIpc) is 2.86. The van der Waals surface area contributed by atoms with Gasteiger partial charge in [-0.3, -0.25) is 0 Å². The first kappa shape index (κ1) is 15.5. The molecule has 22 heavy (non-hydrogen) atoms. The number of carboxylic acids is 1. The highest BCUT2D eigenvalue weighted by Gasteiger charge is 2.31. The Morgan fingerprint density at radius 2 is 1.91 bits per heavy atom. The van der Waals surface area contributed by atoms with Crippen LogP contribution in [0.15, 0.2) is 0 Å². The topological polar surface area (TPSA) is 58.4 Å². The van der Waals surface area contributed by atoms with Gasteiger partial charge < -0.3 is 14.6 Å². The molecule has 1 aromatic heterocycles. The summed E-state index contributed by atoms with van der Waals surface area (Å²) in [5.74, 6) is 1.12. The van der Waals surface area contributed by atoms with Gasteiger partial charge in [0.1, 0.15) is 5.82 Å². The molecular weight excluding hydrogens is 278 g/mol. The van der Waals surface area contributed by atoms with Gasteiger partial charge in [0.2, 0.25) is 0 Å². The van der Waals surface area contributed by atoms with Crippen LogP contribution in [-0.2, 0) is 13.0 Å². The summed E-state index contributed by atoms with van der Waals surface area (Å²) in [6.45, 7) is 9.77. The van der Waals surface area contributed by atoms with Crippen molar-refractivity contribution in [3.63, 3.8) is 0 Å². The second kappa shape index (κ2) is 6.03.